The van der Waals surface area contributed by atoms with Gasteiger partial charge in [0, 0.05) is 23.2 Å². The van der Waals surface area contributed by atoms with E-state index in [0.717, 1.165) is 11.1 Å². The van der Waals surface area contributed by atoms with E-state index in [0.29, 0.717) is 22.8 Å². The number of hydrogen-bond donors (Lipinski definition) is 0. The molecule has 5 heteroatoms. The second-order valence-corrected chi connectivity index (χ2v) is 6.82. The highest BCUT2D eigenvalue weighted by Crippen LogP contribution is 2.42. The van der Waals surface area contributed by atoms with E-state index in [1.165, 1.54) is 0 Å². The molecule has 2 aromatic carbocycles. The summed E-state index contributed by atoms with van der Waals surface area (Å²) < 4.78 is 16.6. The molecule has 0 heterocycles. The quantitative estimate of drug-likeness (QED) is 0.711. The lowest BCUT2D eigenvalue weighted by atomic mass is 9.95. The number of rotatable bonds is 7. The van der Waals surface area contributed by atoms with Crippen molar-refractivity contribution in [1.29, 1.82) is 0 Å². The Morgan fingerprint density at radius 1 is 0.778 bits per heavy atom. The van der Waals surface area contributed by atoms with Gasteiger partial charge in [0.2, 0.25) is 0 Å². The molecule has 0 fully saturated rings. The number of carbonyl (C=O) groups excluding carboxylic acids is 1. The van der Waals surface area contributed by atoms with E-state index in [1.807, 2.05) is 69.0 Å². The number of carbonyl (C=O) groups is 1. The van der Waals surface area contributed by atoms with Crippen LogP contribution in [0.1, 0.15) is 38.1 Å². The zero-order chi connectivity index (χ0) is 20.1. The number of nitrogens with zero attached hydrogens (tertiary/aromatic N) is 1. The zero-order valence-corrected chi connectivity index (χ0v) is 17.2. The van der Waals surface area contributed by atoms with Crippen molar-refractivity contribution in [1.82, 2.24) is 4.90 Å². The maximum atomic E-state index is 13.6. The normalized spacial score (nSPS) is 10.9. The summed E-state index contributed by atoms with van der Waals surface area (Å²) >= 11 is 0. The van der Waals surface area contributed by atoms with Gasteiger partial charge in [-0.05, 0) is 45.9 Å². The number of methoxy groups -OCH3 is 3. The van der Waals surface area contributed by atoms with Gasteiger partial charge in [-0.15, -0.1) is 0 Å². The van der Waals surface area contributed by atoms with Crippen LogP contribution in [0.4, 0.5) is 0 Å². The second kappa shape index (κ2) is 8.80. The summed E-state index contributed by atoms with van der Waals surface area (Å²) in [6.45, 7) is 8.03. The molecule has 5 nitrogen and oxygen atoms in total. The van der Waals surface area contributed by atoms with Gasteiger partial charge in [0.15, 0.2) is 11.5 Å². The monoisotopic (exact) mass is 371 g/mol. The van der Waals surface area contributed by atoms with E-state index < -0.39 is 0 Å². The fraction of sp³-hybridized carbons (Fsp3) is 0.409. The fourth-order valence-corrected chi connectivity index (χ4v) is 3.43. The lowest BCUT2D eigenvalue weighted by molar-refractivity contribution is 0.0640. The molecule has 2 rings (SSSR count). The maximum absolute atomic E-state index is 13.6. The molecule has 2 aromatic rings. The van der Waals surface area contributed by atoms with Gasteiger partial charge in [-0.3, -0.25) is 4.79 Å². The predicted molar refractivity (Wildman–Crippen MR) is 108 cm³/mol. The van der Waals surface area contributed by atoms with E-state index in [1.54, 1.807) is 21.3 Å². The SMILES string of the molecule is COc1ccccc1-c1ccc(OC)c(OC)c1C(=O)N(C(C)C)C(C)C. The maximum Gasteiger partial charge on any atom is 0.258 e. The highest BCUT2D eigenvalue weighted by Gasteiger charge is 2.30. The van der Waals surface area contributed by atoms with Crippen LogP contribution in [0.5, 0.6) is 17.2 Å². The molecular formula is C22H29NO4. The minimum atomic E-state index is -0.100. The standard InChI is InChI=1S/C22H29NO4/c1-14(2)23(15(3)4)22(24)20-17(12-13-19(26-6)21(20)27-7)16-10-8-9-11-18(16)25-5/h8-15H,1-7H3. The topological polar surface area (TPSA) is 48.0 Å². The van der Waals surface area contributed by atoms with Crippen LogP contribution in [0.3, 0.4) is 0 Å². The molecule has 0 atom stereocenters. The van der Waals surface area contributed by atoms with E-state index in [-0.39, 0.29) is 18.0 Å². The smallest absolute Gasteiger partial charge is 0.258 e. The molecule has 1 amide bonds. The molecule has 0 saturated heterocycles. The van der Waals surface area contributed by atoms with E-state index in [2.05, 4.69) is 0 Å². The van der Waals surface area contributed by atoms with Gasteiger partial charge in [-0.1, -0.05) is 18.2 Å². The highest BCUT2D eigenvalue weighted by atomic mass is 16.5. The first-order valence-corrected chi connectivity index (χ1v) is 9.08. The van der Waals surface area contributed by atoms with Crippen LogP contribution in [-0.4, -0.2) is 44.2 Å². The Balaban J connectivity index is 2.81. The van der Waals surface area contributed by atoms with Crippen molar-refractivity contribution in [3.05, 3.63) is 42.0 Å². The Bertz CT molecular complexity index is 791. The Morgan fingerprint density at radius 3 is 1.89 bits per heavy atom. The second-order valence-electron chi connectivity index (χ2n) is 6.82. The van der Waals surface area contributed by atoms with Crippen molar-refractivity contribution < 1.29 is 19.0 Å². The Morgan fingerprint density at radius 2 is 1.37 bits per heavy atom. The highest BCUT2D eigenvalue weighted by molar-refractivity contribution is 6.05. The number of para-hydroxylation sites is 1. The van der Waals surface area contributed by atoms with Crippen molar-refractivity contribution in [2.45, 2.75) is 39.8 Å². The van der Waals surface area contributed by atoms with Crippen LogP contribution < -0.4 is 14.2 Å². The molecule has 0 unspecified atom stereocenters. The van der Waals surface area contributed by atoms with Crippen LogP contribution in [0, 0.1) is 0 Å². The molecule has 0 aliphatic rings. The molecule has 146 valence electrons. The number of benzene rings is 2. The molecule has 0 aromatic heterocycles. The summed E-state index contributed by atoms with van der Waals surface area (Å²) in [5.41, 5.74) is 2.06. The van der Waals surface area contributed by atoms with Crippen molar-refractivity contribution in [3.63, 3.8) is 0 Å². The summed E-state index contributed by atoms with van der Waals surface area (Å²) in [6, 6.07) is 11.4. The lowest BCUT2D eigenvalue weighted by Crippen LogP contribution is -2.42. The lowest BCUT2D eigenvalue weighted by Gasteiger charge is -2.32. The van der Waals surface area contributed by atoms with Crippen LogP contribution in [0.15, 0.2) is 36.4 Å². The molecule has 0 aliphatic heterocycles. The summed E-state index contributed by atoms with van der Waals surface area (Å²) in [6.07, 6.45) is 0. The molecule has 0 saturated carbocycles. The first-order valence-electron chi connectivity index (χ1n) is 9.08. The third-order valence-corrected chi connectivity index (χ3v) is 4.50. The Hall–Kier alpha value is -2.69. The van der Waals surface area contributed by atoms with Crippen molar-refractivity contribution >= 4 is 5.91 Å². The Kier molecular flexibility index (Phi) is 6.72. The average molecular weight is 371 g/mol. The molecular weight excluding hydrogens is 342 g/mol. The van der Waals surface area contributed by atoms with Crippen LogP contribution >= 0.6 is 0 Å². The minimum Gasteiger partial charge on any atom is -0.496 e. The third kappa shape index (κ3) is 4.02. The summed E-state index contributed by atoms with van der Waals surface area (Å²) in [7, 11) is 4.74. The summed E-state index contributed by atoms with van der Waals surface area (Å²) in [4.78, 5) is 15.5. The van der Waals surface area contributed by atoms with Crippen LogP contribution in [-0.2, 0) is 0 Å². The summed E-state index contributed by atoms with van der Waals surface area (Å²) in [5.74, 6) is 1.54. The van der Waals surface area contributed by atoms with Gasteiger partial charge in [0.25, 0.3) is 5.91 Å². The average Bonchev–Trinajstić information content (AvgIpc) is 2.65. The number of hydrogen-bond acceptors (Lipinski definition) is 4. The number of ether oxygens (including phenoxy) is 3. The van der Waals surface area contributed by atoms with Crippen molar-refractivity contribution in [2.24, 2.45) is 0 Å². The first kappa shape index (κ1) is 20.6. The first-order chi connectivity index (χ1) is 12.9. The predicted octanol–water partition coefficient (Wildman–Crippen LogP) is 4.64. The van der Waals surface area contributed by atoms with Gasteiger partial charge < -0.3 is 19.1 Å². The molecule has 0 N–H and O–H groups in total. The molecule has 0 spiro atoms. The zero-order valence-electron chi connectivity index (χ0n) is 17.2. The van der Waals surface area contributed by atoms with Gasteiger partial charge in [0.1, 0.15) is 5.75 Å². The van der Waals surface area contributed by atoms with Crippen LogP contribution in [0.25, 0.3) is 11.1 Å². The molecule has 0 radical (unpaired) electrons. The third-order valence-electron chi connectivity index (χ3n) is 4.50. The largest absolute Gasteiger partial charge is 0.496 e. The van der Waals surface area contributed by atoms with Crippen molar-refractivity contribution in [3.8, 4) is 28.4 Å². The van der Waals surface area contributed by atoms with Gasteiger partial charge in [-0.2, -0.15) is 0 Å². The molecule has 0 bridgehead atoms. The minimum absolute atomic E-state index is 0.0407. The number of amides is 1. The van der Waals surface area contributed by atoms with Gasteiger partial charge in [0.05, 0.1) is 26.9 Å². The fourth-order valence-electron chi connectivity index (χ4n) is 3.43. The molecule has 27 heavy (non-hydrogen) atoms. The van der Waals surface area contributed by atoms with Crippen molar-refractivity contribution in [2.75, 3.05) is 21.3 Å². The molecule has 0 aliphatic carbocycles. The van der Waals surface area contributed by atoms with Gasteiger partial charge in [-0.25, -0.2) is 0 Å². The summed E-state index contributed by atoms with van der Waals surface area (Å²) in [5, 5.41) is 0. The van der Waals surface area contributed by atoms with E-state index >= 15 is 0 Å². The van der Waals surface area contributed by atoms with E-state index in [4.69, 9.17) is 14.2 Å². The van der Waals surface area contributed by atoms with Crippen LogP contribution in [0.2, 0.25) is 0 Å². The van der Waals surface area contributed by atoms with Gasteiger partial charge >= 0.3 is 0 Å². The van der Waals surface area contributed by atoms with E-state index in [9.17, 15) is 4.79 Å². The Labute approximate surface area is 161 Å².